The van der Waals surface area contributed by atoms with Crippen LogP contribution in [0.2, 0.25) is 0 Å². The van der Waals surface area contributed by atoms with E-state index in [1.165, 1.54) is 28.8 Å². The number of pyridine rings is 1. The summed E-state index contributed by atoms with van der Waals surface area (Å²) in [6, 6.07) is 22.0. The number of hydrogen-bond acceptors (Lipinski definition) is 7. The predicted molar refractivity (Wildman–Crippen MR) is 140 cm³/mol. The number of carbonyl (C=O) groups is 1. The molecule has 3 N–H and O–H groups in total. The zero-order chi connectivity index (χ0) is 25.3. The van der Waals surface area contributed by atoms with E-state index in [-0.39, 0.29) is 27.3 Å². The van der Waals surface area contributed by atoms with Gasteiger partial charge in [-0.25, -0.2) is 23.5 Å². The van der Waals surface area contributed by atoms with Gasteiger partial charge in [0.15, 0.2) is 5.16 Å². The van der Waals surface area contributed by atoms with Crippen LogP contribution >= 0.6 is 11.8 Å². The summed E-state index contributed by atoms with van der Waals surface area (Å²) < 4.78 is 24.7. The molecule has 0 atom stereocenters. The third-order valence-electron chi connectivity index (χ3n) is 5.39. The first kappa shape index (κ1) is 23.7. The van der Waals surface area contributed by atoms with E-state index in [2.05, 4.69) is 10.3 Å². The standard InChI is InChI=1S/C25H19N5O4S2/c26-36(33,34)19-10-8-18(9-11-19)30-24(32)20-13-16-5-1-2-6-17(16)14-21(20)28-25(30)35-15-23(31)29-22-7-3-4-12-27-22/h1-14H,15H2,(H2,26,33,34)(H,27,29,31). The van der Waals surface area contributed by atoms with Crippen LogP contribution in [0.5, 0.6) is 0 Å². The van der Waals surface area contributed by atoms with Crippen LogP contribution < -0.4 is 16.0 Å². The summed E-state index contributed by atoms with van der Waals surface area (Å²) in [6.45, 7) is 0. The Morgan fingerprint density at radius 2 is 1.67 bits per heavy atom. The molecule has 0 bridgehead atoms. The summed E-state index contributed by atoms with van der Waals surface area (Å²) in [4.78, 5) is 34.9. The average Bonchev–Trinajstić information content (AvgIpc) is 2.87. The van der Waals surface area contributed by atoms with E-state index in [1.54, 1.807) is 30.5 Å². The number of aromatic nitrogens is 3. The van der Waals surface area contributed by atoms with Crippen molar-refractivity contribution >= 4 is 55.2 Å². The molecule has 0 fully saturated rings. The second-order valence-electron chi connectivity index (χ2n) is 7.84. The molecule has 2 heterocycles. The fourth-order valence-corrected chi connectivity index (χ4v) is 5.04. The fourth-order valence-electron chi connectivity index (χ4n) is 3.71. The molecule has 9 nitrogen and oxygen atoms in total. The van der Waals surface area contributed by atoms with Gasteiger partial charge in [0.05, 0.1) is 27.2 Å². The maximum atomic E-state index is 13.7. The predicted octanol–water partition coefficient (Wildman–Crippen LogP) is 3.31. The molecule has 180 valence electrons. The van der Waals surface area contributed by atoms with Gasteiger partial charge in [-0.3, -0.25) is 14.2 Å². The van der Waals surface area contributed by atoms with Crippen molar-refractivity contribution in [2.75, 3.05) is 11.1 Å². The molecule has 1 amide bonds. The number of amides is 1. The second-order valence-corrected chi connectivity index (χ2v) is 10.3. The Labute approximate surface area is 210 Å². The quantitative estimate of drug-likeness (QED) is 0.200. The SMILES string of the molecule is NS(=O)(=O)c1ccc(-n2c(SCC(=O)Nc3ccccn3)nc3cc4ccccc4cc3c2=O)cc1. The molecular formula is C25H19N5O4S2. The minimum Gasteiger partial charge on any atom is -0.310 e. The van der Waals surface area contributed by atoms with Crippen LogP contribution in [-0.4, -0.2) is 34.6 Å². The van der Waals surface area contributed by atoms with Crippen molar-refractivity contribution in [1.29, 1.82) is 0 Å². The van der Waals surface area contributed by atoms with Crippen LogP contribution in [0.15, 0.2) is 99.9 Å². The van der Waals surface area contributed by atoms with Gasteiger partial charge in [0.2, 0.25) is 15.9 Å². The van der Waals surface area contributed by atoms with Crippen molar-refractivity contribution in [3.63, 3.8) is 0 Å². The zero-order valence-corrected chi connectivity index (χ0v) is 20.3. The molecule has 11 heteroatoms. The van der Waals surface area contributed by atoms with E-state index in [9.17, 15) is 18.0 Å². The third-order valence-corrected chi connectivity index (χ3v) is 7.26. The van der Waals surface area contributed by atoms with E-state index in [1.807, 2.05) is 30.3 Å². The van der Waals surface area contributed by atoms with Crippen molar-refractivity contribution in [1.82, 2.24) is 14.5 Å². The second kappa shape index (κ2) is 9.53. The molecule has 2 aromatic heterocycles. The summed E-state index contributed by atoms with van der Waals surface area (Å²) in [5.41, 5.74) is 0.535. The summed E-state index contributed by atoms with van der Waals surface area (Å²) in [6.07, 6.45) is 1.57. The van der Waals surface area contributed by atoms with Crippen molar-refractivity contribution < 1.29 is 13.2 Å². The van der Waals surface area contributed by atoms with E-state index in [0.717, 1.165) is 22.5 Å². The van der Waals surface area contributed by atoms with Crippen LogP contribution in [0.4, 0.5) is 5.82 Å². The Morgan fingerprint density at radius 3 is 2.33 bits per heavy atom. The molecule has 0 radical (unpaired) electrons. The van der Waals surface area contributed by atoms with E-state index in [4.69, 9.17) is 10.1 Å². The lowest BCUT2D eigenvalue weighted by atomic mass is 10.1. The van der Waals surface area contributed by atoms with E-state index >= 15 is 0 Å². The number of fused-ring (bicyclic) bond motifs is 2. The summed E-state index contributed by atoms with van der Waals surface area (Å²) in [7, 11) is -3.90. The van der Waals surface area contributed by atoms with Crippen LogP contribution in [0.3, 0.4) is 0 Å². The van der Waals surface area contributed by atoms with Crippen molar-refractivity contribution in [3.8, 4) is 5.69 Å². The lowest BCUT2D eigenvalue weighted by Crippen LogP contribution is -2.23. The number of primary sulfonamides is 1. The maximum Gasteiger partial charge on any atom is 0.266 e. The van der Waals surface area contributed by atoms with Gasteiger partial charge in [0, 0.05) is 6.20 Å². The maximum absolute atomic E-state index is 13.7. The van der Waals surface area contributed by atoms with Gasteiger partial charge in [-0.15, -0.1) is 0 Å². The molecule has 0 aliphatic carbocycles. The number of anilines is 1. The molecular weight excluding hydrogens is 498 g/mol. The topological polar surface area (TPSA) is 137 Å². The summed E-state index contributed by atoms with van der Waals surface area (Å²) in [5.74, 6) is 0.0665. The molecule has 0 aliphatic rings. The number of thioether (sulfide) groups is 1. The molecule has 0 aliphatic heterocycles. The first-order chi connectivity index (χ1) is 17.3. The Morgan fingerprint density at radius 1 is 0.972 bits per heavy atom. The highest BCUT2D eigenvalue weighted by Gasteiger charge is 2.17. The number of carbonyl (C=O) groups excluding carboxylic acids is 1. The Bertz CT molecular complexity index is 1770. The molecule has 0 unspecified atom stereocenters. The monoisotopic (exact) mass is 517 g/mol. The van der Waals surface area contributed by atoms with Gasteiger partial charge >= 0.3 is 0 Å². The Hall–Kier alpha value is -4.06. The minimum atomic E-state index is -3.90. The highest BCUT2D eigenvalue weighted by atomic mass is 32.2. The van der Waals surface area contributed by atoms with E-state index < -0.39 is 10.0 Å². The molecule has 0 saturated carbocycles. The van der Waals surface area contributed by atoms with Gasteiger partial charge in [-0.1, -0.05) is 42.1 Å². The fraction of sp³-hybridized carbons (Fsp3) is 0.0400. The van der Waals surface area contributed by atoms with Crippen LogP contribution in [-0.2, 0) is 14.8 Å². The molecule has 36 heavy (non-hydrogen) atoms. The van der Waals surface area contributed by atoms with Crippen LogP contribution in [0.1, 0.15) is 0 Å². The van der Waals surface area contributed by atoms with Crippen molar-refractivity contribution in [3.05, 3.63) is 95.4 Å². The Kier molecular flexibility index (Phi) is 6.27. The largest absolute Gasteiger partial charge is 0.310 e. The van der Waals surface area contributed by atoms with Gasteiger partial charge in [0.25, 0.3) is 5.56 Å². The summed E-state index contributed by atoms with van der Waals surface area (Å²) in [5, 5.41) is 10.4. The van der Waals surface area contributed by atoms with Gasteiger partial charge < -0.3 is 5.32 Å². The highest BCUT2D eigenvalue weighted by molar-refractivity contribution is 7.99. The number of nitrogens with zero attached hydrogens (tertiary/aromatic N) is 3. The molecule has 5 rings (SSSR count). The normalized spacial score (nSPS) is 11.6. The molecule has 5 aromatic rings. The first-order valence-electron chi connectivity index (χ1n) is 10.7. The smallest absolute Gasteiger partial charge is 0.266 e. The lowest BCUT2D eigenvalue weighted by molar-refractivity contribution is -0.113. The number of rotatable bonds is 6. The van der Waals surface area contributed by atoms with Gasteiger partial charge in [-0.2, -0.15) is 0 Å². The molecule has 0 saturated heterocycles. The van der Waals surface area contributed by atoms with Gasteiger partial charge in [0.1, 0.15) is 5.82 Å². The number of nitrogens with two attached hydrogens (primary N) is 1. The van der Waals surface area contributed by atoms with Gasteiger partial charge in [-0.05, 0) is 59.3 Å². The third kappa shape index (κ3) is 4.85. The average molecular weight is 518 g/mol. The molecule has 0 spiro atoms. The van der Waals surface area contributed by atoms with Crippen LogP contribution in [0.25, 0.3) is 27.4 Å². The Balaban J connectivity index is 1.59. The lowest BCUT2D eigenvalue weighted by Gasteiger charge is -2.14. The number of benzene rings is 3. The number of sulfonamides is 1. The minimum absolute atomic E-state index is 0.0304. The number of hydrogen-bond donors (Lipinski definition) is 2. The van der Waals surface area contributed by atoms with Crippen LogP contribution in [0, 0.1) is 0 Å². The van der Waals surface area contributed by atoms with Crippen molar-refractivity contribution in [2.24, 2.45) is 5.14 Å². The van der Waals surface area contributed by atoms with E-state index in [0.29, 0.717) is 22.4 Å². The molecule has 3 aromatic carbocycles. The highest BCUT2D eigenvalue weighted by Crippen LogP contribution is 2.25. The summed E-state index contributed by atoms with van der Waals surface area (Å²) >= 11 is 1.08. The van der Waals surface area contributed by atoms with Crippen molar-refractivity contribution in [2.45, 2.75) is 10.1 Å². The zero-order valence-electron chi connectivity index (χ0n) is 18.7. The number of nitrogens with one attached hydrogen (secondary N) is 1. The first-order valence-corrected chi connectivity index (χ1v) is 13.3.